The number of halogens is 1. The van der Waals surface area contributed by atoms with E-state index in [9.17, 15) is 4.79 Å². The molecule has 0 saturated carbocycles. The molecule has 12 heteroatoms. The van der Waals surface area contributed by atoms with Gasteiger partial charge in [-0.25, -0.2) is 14.4 Å². The number of pyridine rings is 3. The largest absolute Gasteiger partial charge is 0.487 e. The molecule has 3 aromatic heterocycles. The monoisotopic (exact) mass is 670 g/mol. The topological polar surface area (TPSA) is 105 Å². The molecular weight excluding hydrogens is 623 g/mol. The molecule has 0 spiro atoms. The van der Waals surface area contributed by atoms with Crippen LogP contribution in [0, 0.1) is 11.7 Å². The number of methoxy groups -OCH3 is 1. The minimum atomic E-state index is -0.406. The summed E-state index contributed by atoms with van der Waals surface area (Å²) in [7, 11) is 3.69. The van der Waals surface area contributed by atoms with Gasteiger partial charge in [0.25, 0.3) is 0 Å². The van der Waals surface area contributed by atoms with Crippen molar-refractivity contribution < 1.29 is 13.9 Å². The summed E-state index contributed by atoms with van der Waals surface area (Å²) in [5.74, 6) is 1.36. The highest BCUT2D eigenvalue weighted by atomic mass is 19.1. The average Bonchev–Trinajstić information content (AvgIpc) is 3.11. The summed E-state index contributed by atoms with van der Waals surface area (Å²) in [6.45, 7) is 10.5. The van der Waals surface area contributed by atoms with Gasteiger partial charge in [0.05, 0.1) is 35.9 Å². The summed E-state index contributed by atoms with van der Waals surface area (Å²) >= 11 is 0. The van der Waals surface area contributed by atoms with Crippen molar-refractivity contribution in [2.24, 2.45) is 5.92 Å². The summed E-state index contributed by atoms with van der Waals surface area (Å²) < 4.78 is 30.2. The van der Waals surface area contributed by atoms with E-state index in [0.29, 0.717) is 72.4 Å². The van der Waals surface area contributed by atoms with Gasteiger partial charge in [-0.15, -0.1) is 0 Å². The number of aromatic nitrogens is 3. The molecule has 3 aliphatic heterocycles. The lowest BCUT2D eigenvalue weighted by molar-refractivity contribution is 0.157. The number of nitrogens with zero attached hydrogens (tertiary/aromatic N) is 7. The Morgan fingerprint density at radius 3 is 2.63 bits per heavy atom. The highest BCUT2D eigenvalue weighted by Gasteiger charge is 2.34. The number of hydrogen-bond acceptors (Lipinski definition) is 10. The zero-order chi connectivity index (χ0) is 34.2. The molecule has 0 bridgehead atoms. The molecule has 260 valence electrons. The van der Waals surface area contributed by atoms with E-state index in [1.54, 1.807) is 13.3 Å². The zero-order valence-electron chi connectivity index (χ0n) is 28.9. The standard InChI is InChI=1S/C37H47FN8O3/c1-24(2)31-23-49-37-34-29(17-30(38)35(37)43-14-12-42(3)13-15-43)36(47)26(21-46(31)34)20-45(19-25-9-10-40-33(16-25)48-4)28-6-5-11-44(22-28)27-7-8-32(39)41-18-27/h7-10,16-18,21,24,28,31H,5-6,11-15,19-20,22-23H2,1-4H3,(H2,39,41)/t28-,31?/m0/s1. The van der Waals surface area contributed by atoms with Gasteiger partial charge in [-0.2, -0.15) is 0 Å². The van der Waals surface area contributed by atoms with Gasteiger partial charge in [0.2, 0.25) is 5.88 Å². The Labute approximate surface area is 287 Å². The van der Waals surface area contributed by atoms with E-state index in [1.165, 1.54) is 6.07 Å². The van der Waals surface area contributed by atoms with Crippen LogP contribution in [0.1, 0.15) is 43.9 Å². The number of ether oxygens (including phenoxy) is 2. The van der Waals surface area contributed by atoms with Crippen molar-refractivity contribution in [3.05, 3.63) is 76.1 Å². The number of nitrogen functional groups attached to an aromatic ring is 1. The van der Waals surface area contributed by atoms with Gasteiger partial charge >= 0.3 is 0 Å². The van der Waals surface area contributed by atoms with Gasteiger partial charge in [-0.1, -0.05) is 13.8 Å². The minimum absolute atomic E-state index is 0.00116. The first-order valence-corrected chi connectivity index (χ1v) is 17.4. The molecule has 2 saturated heterocycles. The predicted molar refractivity (Wildman–Crippen MR) is 191 cm³/mol. The number of piperazine rings is 1. The molecule has 1 unspecified atom stereocenters. The van der Waals surface area contributed by atoms with Crippen LogP contribution in [0.2, 0.25) is 0 Å². The zero-order valence-corrected chi connectivity index (χ0v) is 28.9. The summed E-state index contributed by atoms with van der Waals surface area (Å²) in [6, 6.07) is 9.38. The lowest BCUT2D eigenvalue weighted by Crippen LogP contribution is -2.48. The van der Waals surface area contributed by atoms with Crippen molar-refractivity contribution in [2.75, 3.05) is 75.6 Å². The molecule has 2 fully saturated rings. The average molecular weight is 671 g/mol. The fourth-order valence-corrected chi connectivity index (χ4v) is 7.60. The molecule has 7 rings (SSSR count). The number of nitrogens with two attached hydrogens (primary N) is 1. The SMILES string of the molecule is COc1cc(CN(Cc2cn3c4c(c(N5CCN(C)CC5)c(F)cc4c2=O)OCC3C(C)C)[C@H]2CCCN(c3ccc(N)nc3)C2)ccn1. The van der Waals surface area contributed by atoms with Crippen molar-refractivity contribution in [1.29, 1.82) is 0 Å². The molecule has 49 heavy (non-hydrogen) atoms. The van der Waals surface area contributed by atoms with E-state index in [-0.39, 0.29) is 23.4 Å². The second-order valence-electron chi connectivity index (χ2n) is 14.0. The normalized spacial score (nSPS) is 19.9. The predicted octanol–water partition coefficient (Wildman–Crippen LogP) is 4.53. The van der Waals surface area contributed by atoms with Gasteiger partial charge in [0.1, 0.15) is 18.1 Å². The third-order valence-corrected chi connectivity index (χ3v) is 10.4. The Morgan fingerprint density at radius 1 is 1.08 bits per heavy atom. The first-order valence-electron chi connectivity index (χ1n) is 17.4. The summed E-state index contributed by atoms with van der Waals surface area (Å²) in [5.41, 5.74) is 9.60. The van der Waals surface area contributed by atoms with E-state index in [2.05, 4.69) is 55.0 Å². The number of piperidine rings is 1. The maximum absolute atomic E-state index is 16.2. The van der Waals surface area contributed by atoms with Crippen molar-refractivity contribution >= 4 is 28.1 Å². The number of likely N-dealkylation sites (N-methyl/N-ethyl adjacent to an activating group) is 1. The summed E-state index contributed by atoms with van der Waals surface area (Å²) in [6.07, 6.45) is 7.57. The quantitative estimate of drug-likeness (QED) is 0.273. The van der Waals surface area contributed by atoms with E-state index in [0.717, 1.165) is 50.3 Å². The van der Waals surface area contributed by atoms with Gasteiger partial charge in [-0.05, 0) is 55.6 Å². The van der Waals surface area contributed by atoms with Crippen molar-refractivity contribution in [2.45, 2.75) is 51.9 Å². The molecule has 2 N–H and O–H groups in total. The molecular formula is C37H47FN8O3. The molecule has 2 atom stereocenters. The Morgan fingerprint density at radius 2 is 1.90 bits per heavy atom. The van der Waals surface area contributed by atoms with Crippen LogP contribution < -0.4 is 30.4 Å². The van der Waals surface area contributed by atoms with E-state index in [4.69, 9.17) is 15.2 Å². The molecule has 0 radical (unpaired) electrons. The Hall–Kier alpha value is -4.42. The Kier molecular flexibility index (Phi) is 9.34. The maximum atomic E-state index is 16.2. The van der Waals surface area contributed by atoms with Crippen LogP contribution in [0.15, 0.2) is 53.7 Å². The second-order valence-corrected chi connectivity index (χ2v) is 14.0. The number of rotatable bonds is 9. The van der Waals surface area contributed by atoms with Crippen LogP contribution in [-0.2, 0) is 13.1 Å². The lowest BCUT2D eigenvalue weighted by atomic mass is 9.98. The number of hydrogen-bond donors (Lipinski definition) is 1. The van der Waals surface area contributed by atoms with Crippen LogP contribution in [0.25, 0.3) is 10.9 Å². The highest BCUT2D eigenvalue weighted by molar-refractivity contribution is 5.92. The van der Waals surface area contributed by atoms with Gasteiger partial charge in [0.15, 0.2) is 17.0 Å². The van der Waals surface area contributed by atoms with E-state index < -0.39 is 5.82 Å². The van der Waals surface area contributed by atoms with Gasteiger partial charge in [0, 0.05) is 82.4 Å². The number of anilines is 3. The smallest absolute Gasteiger partial charge is 0.213 e. The van der Waals surface area contributed by atoms with Crippen molar-refractivity contribution in [3.63, 3.8) is 0 Å². The van der Waals surface area contributed by atoms with Crippen LogP contribution in [0.5, 0.6) is 11.6 Å². The van der Waals surface area contributed by atoms with Crippen molar-refractivity contribution in [3.8, 4) is 11.6 Å². The molecule has 6 heterocycles. The first-order chi connectivity index (χ1) is 23.7. The third-order valence-electron chi connectivity index (χ3n) is 10.4. The second kappa shape index (κ2) is 13.8. The highest BCUT2D eigenvalue weighted by Crippen LogP contribution is 2.43. The summed E-state index contributed by atoms with van der Waals surface area (Å²) in [5, 5.41) is 0.372. The van der Waals surface area contributed by atoms with Crippen molar-refractivity contribution in [1.82, 2.24) is 24.3 Å². The van der Waals surface area contributed by atoms with Gasteiger partial charge < -0.3 is 34.5 Å². The van der Waals surface area contributed by atoms with Crippen LogP contribution in [0.4, 0.5) is 21.6 Å². The van der Waals surface area contributed by atoms with E-state index in [1.807, 2.05) is 36.7 Å². The molecule has 4 aromatic rings. The molecule has 11 nitrogen and oxygen atoms in total. The maximum Gasteiger partial charge on any atom is 0.213 e. The molecule has 3 aliphatic rings. The first kappa shape index (κ1) is 33.1. The van der Waals surface area contributed by atoms with Crippen LogP contribution >= 0.6 is 0 Å². The van der Waals surface area contributed by atoms with Gasteiger partial charge in [-0.3, -0.25) is 9.69 Å². The molecule has 0 amide bonds. The molecule has 1 aromatic carbocycles. The fraction of sp³-hybridized carbons (Fsp3) is 0.486. The Balaban J connectivity index is 1.30. The number of benzene rings is 1. The molecule has 0 aliphatic carbocycles. The fourth-order valence-electron chi connectivity index (χ4n) is 7.60. The van der Waals surface area contributed by atoms with E-state index >= 15 is 4.39 Å². The van der Waals surface area contributed by atoms with Crippen LogP contribution in [0.3, 0.4) is 0 Å². The summed E-state index contributed by atoms with van der Waals surface area (Å²) in [4.78, 5) is 32.1. The van der Waals surface area contributed by atoms with Crippen LogP contribution in [-0.4, -0.2) is 90.4 Å². The Bertz CT molecular complexity index is 1860. The minimum Gasteiger partial charge on any atom is -0.487 e. The lowest BCUT2D eigenvalue weighted by Gasteiger charge is -2.41. The third kappa shape index (κ3) is 6.63.